The van der Waals surface area contributed by atoms with E-state index in [4.69, 9.17) is 23.7 Å². The normalized spacial score (nSPS) is 21.0. The van der Waals surface area contributed by atoms with Crippen molar-refractivity contribution in [3.63, 3.8) is 0 Å². The van der Waals surface area contributed by atoms with Gasteiger partial charge in [0, 0.05) is 11.5 Å². The molecule has 0 bridgehead atoms. The van der Waals surface area contributed by atoms with E-state index in [0.29, 0.717) is 46.3 Å². The Bertz CT molecular complexity index is 1050. The number of ketones is 1. The predicted octanol–water partition coefficient (Wildman–Crippen LogP) is 3.61. The van der Waals surface area contributed by atoms with E-state index in [1.807, 2.05) is 26.0 Å². The zero-order valence-corrected chi connectivity index (χ0v) is 16.4. The third-order valence-corrected chi connectivity index (χ3v) is 5.45. The van der Waals surface area contributed by atoms with Crippen LogP contribution < -0.4 is 23.7 Å². The number of hydrogen-bond acceptors (Lipinski definition) is 7. The van der Waals surface area contributed by atoms with E-state index >= 15 is 0 Å². The Morgan fingerprint density at radius 3 is 2.69 bits per heavy atom. The molecule has 0 N–H and O–H groups in total. The molecular formula is C22H20O7. The number of ether oxygens (including phenoxy) is 5. The van der Waals surface area contributed by atoms with Crippen LogP contribution in [0.25, 0.3) is 0 Å². The van der Waals surface area contributed by atoms with Gasteiger partial charge in [0.25, 0.3) is 0 Å². The van der Waals surface area contributed by atoms with Gasteiger partial charge in [-0.05, 0) is 43.7 Å². The molecule has 0 saturated carbocycles. The molecule has 7 nitrogen and oxygen atoms in total. The largest absolute Gasteiger partial charge is 0.493 e. The topological polar surface area (TPSA) is 80.3 Å². The number of hydrogen-bond donors (Lipinski definition) is 0. The summed E-state index contributed by atoms with van der Waals surface area (Å²) in [6, 6.07) is 7.01. The summed E-state index contributed by atoms with van der Waals surface area (Å²) in [4.78, 5) is 25.0. The van der Waals surface area contributed by atoms with E-state index in [0.717, 1.165) is 5.56 Å². The number of methoxy groups -OCH3 is 1. The van der Waals surface area contributed by atoms with E-state index in [2.05, 4.69) is 0 Å². The zero-order valence-electron chi connectivity index (χ0n) is 16.4. The maximum atomic E-state index is 12.7. The first-order valence-corrected chi connectivity index (χ1v) is 9.43. The standard InChI is InChI=1S/C22H20O7/c1-22(2)9-14(23)12-4-5-15-19(20(12)29-22)13(8-18(24)28-15)11-6-16(25-3)21-17(7-11)26-10-27-21/h4-7,13H,8-10H2,1-3H3/t13-/m0/s1. The van der Waals surface area contributed by atoms with Crippen molar-refractivity contribution in [1.29, 1.82) is 0 Å². The Kier molecular flexibility index (Phi) is 3.78. The highest BCUT2D eigenvalue weighted by Crippen LogP contribution is 2.51. The molecule has 0 spiro atoms. The van der Waals surface area contributed by atoms with E-state index in [1.54, 1.807) is 19.2 Å². The van der Waals surface area contributed by atoms with Gasteiger partial charge in [0.1, 0.15) is 17.1 Å². The molecule has 0 unspecified atom stereocenters. The van der Waals surface area contributed by atoms with Crippen LogP contribution in [0, 0.1) is 0 Å². The molecule has 2 aromatic carbocycles. The fourth-order valence-corrected chi connectivity index (χ4v) is 4.19. The lowest BCUT2D eigenvalue weighted by Crippen LogP contribution is -2.37. The van der Waals surface area contributed by atoms with E-state index in [-0.39, 0.29) is 30.9 Å². The van der Waals surface area contributed by atoms with Crippen LogP contribution in [0.1, 0.15) is 54.1 Å². The first-order chi connectivity index (χ1) is 13.9. The van der Waals surface area contributed by atoms with Crippen molar-refractivity contribution in [2.75, 3.05) is 13.9 Å². The maximum Gasteiger partial charge on any atom is 0.312 e. The third kappa shape index (κ3) is 2.80. The molecule has 0 aliphatic carbocycles. The van der Waals surface area contributed by atoms with Gasteiger partial charge in [0.15, 0.2) is 17.3 Å². The Balaban J connectivity index is 1.71. The van der Waals surface area contributed by atoms with E-state index < -0.39 is 5.60 Å². The summed E-state index contributed by atoms with van der Waals surface area (Å²) in [5.41, 5.74) is 1.37. The Morgan fingerprint density at radius 1 is 1.07 bits per heavy atom. The number of carbonyl (C=O) groups excluding carboxylic acids is 2. The van der Waals surface area contributed by atoms with Crippen LogP contribution in [0.3, 0.4) is 0 Å². The van der Waals surface area contributed by atoms with Crippen LogP contribution in [0.4, 0.5) is 0 Å². The predicted molar refractivity (Wildman–Crippen MR) is 101 cm³/mol. The molecule has 0 aromatic heterocycles. The number of rotatable bonds is 2. The highest BCUT2D eigenvalue weighted by atomic mass is 16.7. The Hall–Kier alpha value is -3.22. The monoisotopic (exact) mass is 396 g/mol. The van der Waals surface area contributed by atoms with Crippen LogP contribution in [0.5, 0.6) is 28.7 Å². The first-order valence-electron chi connectivity index (χ1n) is 9.43. The van der Waals surface area contributed by atoms with Crippen LogP contribution in [0.2, 0.25) is 0 Å². The smallest absolute Gasteiger partial charge is 0.312 e. The molecule has 0 radical (unpaired) electrons. The van der Waals surface area contributed by atoms with Gasteiger partial charge in [-0.2, -0.15) is 0 Å². The zero-order chi connectivity index (χ0) is 20.3. The molecule has 150 valence electrons. The molecule has 3 aliphatic rings. The minimum atomic E-state index is -0.641. The second-order valence-corrected chi connectivity index (χ2v) is 8.00. The first kappa shape index (κ1) is 17.8. The molecule has 29 heavy (non-hydrogen) atoms. The number of benzene rings is 2. The van der Waals surface area contributed by atoms with Gasteiger partial charge in [0.2, 0.25) is 12.5 Å². The number of carbonyl (C=O) groups is 2. The lowest BCUT2D eigenvalue weighted by molar-refractivity contribution is -0.135. The van der Waals surface area contributed by atoms with E-state index in [9.17, 15) is 9.59 Å². The molecule has 7 heteroatoms. The van der Waals surface area contributed by atoms with Gasteiger partial charge in [-0.3, -0.25) is 9.59 Å². The summed E-state index contributed by atoms with van der Waals surface area (Å²) in [7, 11) is 1.55. The second-order valence-electron chi connectivity index (χ2n) is 8.00. The van der Waals surface area contributed by atoms with Crippen LogP contribution in [-0.4, -0.2) is 31.3 Å². The number of esters is 1. The van der Waals surface area contributed by atoms with Gasteiger partial charge in [-0.25, -0.2) is 0 Å². The van der Waals surface area contributed by atoms with Crippen molar-refractivity contribution < 1.29 is 33.3 Å². The molecule has 0 saturated heterocycles. The van der Waals surface area contributed by atoms with Crippen molar-refractivity contribution >= 4 is 11.8 Å². The molecule has 0 amide bonds. The van der Waals surface area contributed by atoms with Crippen LogP contribution in [0.15, 0.2) is 24.3 Å². The highest BCUT2D eigenvalue weighted by Gasteiger charge is 2.40. The molecule has 5 rings (SSSR count). The fourth-order valence-electron chi connectivity index (χ4n) is 4.19. The lowest BCUT2D eigenvalue weighted by atomic mass is 9.82. The summed E-state index contributed by atoms with van der Waals surface area (Å²) in [6.45, 7) is 3.86. The van der Waals surface area contributed by atoms with Gasteiger partial charge in [-0.1, -0.05) is 0 Å². The minimum Gasteiger partial charge on any atom is -0.493 e. The number of fused-ring (bicyclic) bond motifs is 4. The molecule has 3 heterocycles. The van der Waals surface area contributed by atoms with Crippen molar-refractivity contribution in [2.24, 2.45) is 0 Å². The average molecular weight is 396 g/mol. The Labute approximate surface area is 167 Å². The van der Waals surface area contributed by atoms with Crippen molar-refractivity contribution in [1.82, 2.24) is 0 Å². The lowest BCUT2D eigenvalue weighted by Gasteiger charge is -2.36. The fraction of sp³-hybridized carbons (Fsp3) is 0.364. The Morgan fingerprint density at radius 2 is 1.90 bits per heavy atom. The average Bonchev–Trinajstić information content (AvgIpc) is 3.13. The number of Topliss-reactive ketones (excluding diaryl/α,β-unsaturated/α-hetero) is 1. The molecular weight excluding hydrogens is 376 g/mol. The summed E-state index contributed by atoms with van der Waals surface area (Å²) < 4.78 is 28.2. The summed E-state index contributed by atoms with van der Waals surface area (Å²) in [6.07, 6.45) is 0.408. The second kappa shape index (κ2) is 6.14. The van der Waals surface area contributed by atoms with Gasteiger partial charge in [0.05, 0.1) is 25.5 Å². The van der Waals surface area contributed by atoms with Gasteiger partial charge >= 0.3 is 5.97 Å². The van der Waals surface area contributed by atoms with Gasteiger partial charge in [-0.15, -0.1) is 0 Å². The van der Waals surface area contributed by atoms with Crippen molar-refractivity contribution in [3.05, 3.63) is 41.0 Å². The molecule has 3 aliphatic heterocycles. The SMILES string of the molecule is COc1cc([C@@H]2CC(=O)Oc3ccc4c(c32)OC(C)(C)CC4=O)cc2c1OCO2. The minimum absolute atomic E-state index is 0.0120. The highest BCUT2D eigenvalue weighted by molar-refractivity contribution is 6.01. The van der Waals surface area contributed by atoms with Gasteiger partial charge < -0.3 is 23.7 Å². The quantitative estimate of drug-likeness (QED) is 0.567. The van der Waals surface area contributed by atoms with E-state index in [1.165, 1.54) is 0 Å². The van der Waals surface area contributed by atoms with Crippen molar-refractivity contribution in [2.45, 2.75) is 38.2 Å². The maximum absolute atomic E-state index is 12.7. The van der Waals surface area contributed by atoms with Crippen molar-refractivity contribution in [3.8, 4) is 28.7 Å². The summed E-state index contributed by atoms with van der Waals surface area (Å²) in [5, 5.41) is 0. The van der Waals surface area contributed by atoms with Crippen LogP contribution >= 0.6 is 0 Å². The van der Waals surface area contributed by atoms with Crippen LogP contribution in [-0.2, 0) is 4.79 Å². The summed E-state index contributed by atoms with van der Waals surface area (Å²) >= 11 is 0. The third-order valence-electron chi connectivity index (χ3n) is 5.45. The molecule has 0 fully saturated rings. The summed E-state index contributed by atoms with van der Waals surface area (Å²) in [5.74, 6) is 1.81. The molecule has 1 atom stereocenters. The molecule has 2 aromatic rings.